The summed E-state index contributed by atoms with van der Waals surface area (Å²) in [5, 5.41) is 0. The minimum atomic E-state index is -0.149. The molecule has 56 valence electrons. The highest BCUT2D eigenvalue weighted by molar-refractivity contribution is 5.91. The molecule has 2 nitrogen and oxygen atoms in total. The van der Waals surface area contributed by atoms with Crippen molar-refractivity contribution >= 4 is 5.97 Å². The van der Waals surface area contributed by atoms with E-state index >= 15 is 0 Å². The number of carbonyl (C=O) groups excluding carboxylic acids is 1. The van der Waals surface area contributed by atoms with Crippen LogP contribution in [0.15, 0.2) is 11.1 Å². The van der Waals surface area contributed by atoms with Crippen LogP contribution in [0.3, 0.4) is 0 Å². The Hall–Kier alpha value is -0.790. The van der Waals surface area contributed by atoms with Gasteiger partial charge in [0.2, 0.25) is 0 Å². The van der Waals surface area contributed by atoms with E-state index in [1.807, 2.05) is 20.8 Å². The molecule has 0 aromatic rings. The molecular weight excluding hydrogens is 128 g/mol. The maximum absolute atomic E-state index is 10.9. The molecule has 0 amide bonds. The number of esters is 1. The van der Waals surface area contributed by atoms with E-state index in [9.17, 15) is 4.79 Å². The Morgan fingerprint density at radius 1 is 1.50 bits per heavy atom. The lowest BCUT2D eigenvalue weighted by Crippen LogP contribution is -2.08. The van der Waals surface area contributed by atoms with Crippen molar-refractivity contribution in [3.05, 3.63) is 11.1 Å². The van der Waals surface area contributed by atoms with Gasteiger partial charge in [0, 0.05) is 5.57 Å². The molecule has 0 fully saturated rings. The largest absolute Gasteiger partial charge is 0.454 e. The minimum Gasteiger partial charge on any atom is -0.454 e. The van der Waals surface area contributed by atoms with Crippen LogP contribution in [0.5, 0.6) is 0 Å². The van der Waals surface area contributed by atoms with Crippen LogP contribution < -0.4 is 0 Å². The van der Waals surface area contributed by atoms with Crippen LogP contribution in [-0.2, 0) is 9.53 Å². The van der Waals surface area contributed by atoms with E-state index in [0.29, 0.717) is 0 Å². The lowest BCUT2D eigenvalue weighted by molar-refractivity contribution is -0.139. The normalized spacial score (nSPS) is 25.5. The molecule has 0 aromatic heterocycles. The van der Waals surface area contributed by atoms with Gasteiger partial charge in [0.25, 0.3) is 0 Å². The van der Waals surface area contributed by atoms with Gasteiger partial charge in [-0.25, -0.2) is 4.79 Å². The van der Waals surface area contributed by atoms with E-state index < -0.39 is 0 Å². The molecule has 10 heavy (non-hydrogen) atoms. The third-order valence-electron chi connectivity index (χ3n) is 2.00. The summed E-state index contributed by atoms with van der Waals surface area (Å²) in [7, 11) is 0. The number of carbonyl (C=O) groups is 1. The van der Waals surface area contributed by atoms with Crippen LogP contribution >= 0.6 is 0 Å². The molecule has 1 atom stereocenters. The maximum Gasteiger partial charge on any atom is 0.334 e. The second kappa shape index (κ2) is 2.45. The fraction of sp³-hybridized carbons (Fsp3) is 0.625. The Kier molecular flexibility index (Phi) is 1.79. The fourth-order valence-corrected chi connectivity index (χ4v) is 1.10. The first-order chi connectivity index (χ1) is 4.66. The highest BCUT2D eigenvalue weighted by Crippen LogP contribution is 2.23. The third-order valence-corrected chi connectivity index (χ3v) is 2.00. The first-order valence-corrected chi connectivity index (χ1v) is 3.55. The van der Waals surface area contributed by atoms with E-state index in [1.165, 1.54) is 0 Å². The van der Waals surface area contributed by atoms with Gasteiger partial charge in [0.1, 0.15) is 6.10 Å². The summed E-state index contributed by atoms with van der Waals surface area (Å²) in [4.78, 5) is 10.9. The van der Waals surface area contributed by atoms with Gasteiger partial charge in [-0.2, -0.15) is 0 Å². The first kappa shape index (κ1) is 7.32. The zero-order valence-corrected chi connectivity index (χ0v) is 6.60. The number of rotatable bonds is 1. The van der Waals surface area contributed by atoms with E-state index in [-0.39, 0.29) is 12.1 Å². The molecule has 1 heterocycles. The quantitative estimate of drug-likeness (QED) is 0.518. The average molecular weight is 140 g/mol. The molecule has 2 heteroatoms. The highest BCUT2D eigenvalue weighted by Gasteiger charge is 2.26. The number of cyclic esters (lactones) is 1. The van der Waals surface area contributed by atoms with Crippen LogP contribution in [0, 0.1) is 0 Å². The Morgan fingerprint density at radius 3 is 2.30 bits per heavy atom. The first-order valence-electron chi connectivity index (χ1n) is 3.55. The van der Waals surface area contributed by atoms with Crippen molar-refractivity contribution in [2.24, 2.45) is 0 Å². The van der Waals surface area contributed by atoms with E-state index in [0.717, 1.165) is 17.6 Å². The molecule has 0 saturated heterocycles. The predicted octanol–water partition coefficient (Wildman–Crippen LogP) is 1.66. The monoisotopic (exact) mass is 140 g/mol. The smallest absolute Gasteiger partial charge is 0.334 e. The van der Waals surface area contributed by atoms with Crippen LogP contribution in [0.25, 0.3) is 0 Å². The second-order valence-electron chi connectivity index (χ2n) is 2.61. The van der Waals surface area contributed by atoms with Crippen molar-refractivity contribution in [1.29, 1.82) is 0 Å². The molecule has 0 radical (unpaired) electrons. The van der Waals surface area contributed by atoms with Crippen molar-refractivity contribution in [2.75, 3.05) is 0 Å². The van der Waals surface area contributed by atoms with Crippen molar-refractivity contribution in [1.82, 2.24) is 0 Å². The summed E-state index contributed by atoms with van der Waals surface area (Å²) in [5.41, 5.74) is 1.87. The van der Waals surface area contributed by atoms with Gasteiger partial charge in [0.15, 0.2) is 0 Å². The predicted molar refractivity (Wildman–Crippen MR) is 38.5 cm³/mol. The van der Waals surface area contributed by atoms with Gasteiger partial charge in [-0.15, -0.1) is 0 Å². The van der Waals surface area contributed by atoms with Crippen LogP contribution in [0.4, 0.5) is 0 Å². The van der Waals surface area contributed by atoms with Gasteiger partial charge in [-0.05, 0) is 25.8 Å². The standard InChI is InChI=1S/C8H12O2/c1-4-7-5(2)6(3)8(9)10-7/h7H,4H2,1-3H3. The summed E-state index contributed by atoms with van der Waals surface area (Å²) >= 11 is 0. The summed E-state index contributed by atoms with van der Waals surface area (Å²) in [6.07, 6.45) is 0.932. The maximum atomic E-state index is 10.9. The van der Waals surface area contributed by atoms with E-state index in [1.54, 1.807) is 0 Å². The zero-order valence-electron chi connectivity index (χ0n) is 6.60. The Labute approximate surface area is 60.9 Å². The van der Waals surface area contributed by atoms with Gasteiger partial charge >= 0.3 is 5.97 Å². The average Bonchev–Trinajstić information content (AvgIpc) is 2.17. The van der Waals surface area contributed by atoms with Crippen LogP contribution in [0.2, 0.25) is 0 Å². The Bertz CT molecular complexity index is 191. The number of hydrogen-bond donors (Lipinski definition) is 0. The number of ether oxygens (including phenoxy) is 1. The summed E-state index contributed by atoms with van der Waals surface area (Å²) < 4.78 is 5.02. The fourth-order valence-electron chi connectivity index (χ4n) is 1.10. The van der Waals surface area contributed by atoms with Crippen molar-refractivity contribution in [3.8, 4) is 0 Å². The highest BCUT2D eigenvalue weighted by atomic mass is 16.5. The molecule has 0 saturated carbocycles. The molecule has 1 unspecified atom stereocenters. The Morgan fingerprint density at radius 2 is 2.10 bits per heavy atom. The second-order valence-corrected chi connectivity index (χ2v) is 2.61. The SMILES string of the molecule is CCC1OC(=O)C(C)=C1C. The lowest BCUT2D eigenvalue weighted by Gasteiger charge is -2.06. The van der Waals surface area contributed by atoms with E-state index in [4.69, 9.17) is 4.74 Å². The molecule has 1 aliphatic rings. The molecule has 0 bridgehead atoms. The summed E-state index contributed by atoms with van der Waals surface area (Å²) in [6.45, 7) is 5.78. The third kappa shape index (κ3) is 0.939. The molecule has 0 aliphatic carbocycles. The van der Waals surface area contributed by atoms with E-state index in [2.05, 4.69) is 0 Å². The van der Waals surface area contributed by atoms with Crippen LogP contribution in [0.1, 0.15) is 27.2 Å². The lowest BCUT2D eigenvalue weighted by atomic mass is 10.1. The van der Waals surface area contributed by atoms with Crippen molar-refractivity contribution < 1.29 is 9.53 Å². The van der Waals surface area contributed by atoms with Gasteiger partial charge in [0.05, 0.1) is 0 Å². The molecule has 0 spiro atoms. The molecular formula is C8H12O2. The summed E-state index contributed by atoms with van der Waals surface area (Å²) in [6, 6.07) is 0. The van der Waals surface area contributed by atoms with Crippen molar-refractivity contribution in [2.45, 2.75) is 33.3 Å². The topological polar surface area (TPSA) is 26.3 Å². The Balaban J connectivity index is 2.83. The minimum absolute atomic E-state index is 0.0486. The van der Waals surface area contributed by atoms with Crippen LogP contribution in [-0.4, -0.2) is 12.1 Å². The van der Waals surface area contributed by atoms with Gasteiger partial charge in [-0.1, -0.05) is 6.92 Å². The molecule has 0 N–H and O–H groups in total. The summed E-state index contributed by atoms with van der Waals surface area (Å²) in [5.74, 6) is -0.149. The van der Waals surface area contributed by atoms with Gasteiger partial charge in [-0.3, -0.25) is 0 Å². The van der Waals surface area contributed by atoms with Gasteiger partial charge < -0.3 is 4.74 Å². The van der Waals surface area contributed by atoms with Crippen molar-refractivity contribution in [3.63, 3.8) is 0 Å². The molecule has 1 aliphatic heterocycles. The molecule has 1 rings (SSSR count). The number of hydrogen-bond acceptors (Lipinski definition) is 2. The zero-order chi connectivity index (χ0) is 7.72. The molecule has 0 aromatic carbocycles.